The predicted molar refractivity (Wildman–Crippen MR) is 75.5 cm³/mol. The molecule has 0 aliphatic carbocycles. The number of pyridine rings is 1. The lowest BCUT2D eigenvalue weighted by Crippen LogP contribution is -2.28. The molecule has 0 unspecified atom stereocenters. The van der Waals surface area contributed by atoms with Crippen LogP contribution in [0, 0.1) is 12.8 Å². The van der Waals surface area contributed by atoms with Gasteiger partial charge in [0.25, 0.3) is 5.56 Å². The molecule has 0 saturated carbocycles. The van der Waals surface area contributed by atoms with Crippen LogP contribution in [0.4, 0.5) is 0 Å². The fraction of sp³-hybridized carbons (Fsp3) is 0.615. The van der Waals surface area contributed by atoms with Crippen molar-refractivity contribution in [2.45, 2.75) is 33.7 Å². The van der Waals surface area contributed by atoms with Crippen molar-refractivity contribution >= 4 is 15.9 Å². The van der Waals surface area contributed by atoms with Gasteiger partial charge in [0, 0.05) is 29.3 Å². The maximum Gasteiger partial charge on any atom is 0.253 e. The van der Waals surface area contributed by atoms with Gasteiger partial charge in [0.05, 0.1) is 0 Å². The van der Waals surface area contributed by atoms with Crippen molar-refractivity contribution in [1.82, 2.24) is 9.88 Å². The molecule has 4 heteroatoms. The number of hydrogen-bond acceptors (Lipinski definition) is 2. The Morgan fingerprint density at radius 1 is 1.41 bits per heavy atom. The van der Waals surface area contributed by atoms with E-state index < -0.39 is 0 Å². The summed E-state index contributed by atoms with van der Waals surface area (Å²) in [5, 5.41) is 3.36. The molecule has 0 bridgehead atoms. The maximum absolute atomic E-state index is 11.8. The molecule has 0 radical (unpaired) electrons. The van der Waals surface area contributed by atoms with E-state index in [9.17, 15) is 4.79 Å². The molecule has 3 nitrogen and oxygen atoms in total. The van der Waals surface area contributed by atoms with Crippen LogP contribution < -0.4 is 10.9 Å². The van der Waals surface area contributed by atoms with Crippen molar-refractivity contribution in [2.75, 3.05) is 13.1 Å². The number of hydrogen-bond donors (Lipinski definition) is 1. The first kappa shape index (κ1) is 14.5. The van der Waals surface area contributed by atoms with E-state index in [-0.39, 0.29) is 5.56 Å². The highest BCUT2D eigenvalue weighted by atomic mass is 79.9. The predicted octanol–water partition coefficient (Wildman–Crippen LogP) is 2.55. The van der Waals surface area contributed by atoms with Gasteiger partial charge in [0.1, 0.15) is 0 Å². The number of rotatable bonds is 6. The highest BCUT2D eigenvalue weighted by Crippen LogP contribution is 2.07. The van der Waals surface area contributed by atoms with E-state index in [1.165, 1.54) is 6.42 Å². The van der Waals surface area contributed by atoms with Crippen LogP contribution in [0.25, 0.3) is 0 Å². The lowest BCUT2D eigenvalue weighted by molar-refractivity contribution is 0.515. The second-order valence-corrected chi connectivity index (χ2v) is 5.69. The summed E-state index contributed by atoms with van der Waals surface area (Å²) in [5.41, 5.74) is 0.875. The van der Waals surface area contributed by atoms with Crippen LogP contribution >= 0.6 is 15.9 Å². The highest BCUT2D eigenvalue weighted by molar-refractivity contribution is 9.10. The molecule has 17 heavy (non-hydrogen) atoms. The number of nitrogens with one attached hydrogen (secondary N) is 1. The monoisotopic (exact) mass is 300 g/mol. The molecule has 1 N–H and O–H groups in total. The summed E-state index contributed by atoms with van der Waals surface area (Å²) in [5.74, 6) is 0.721. The van der Waals surface area contributed by atoms with Crippen LogP contribution in [0.1, 0.15) is 25.8 Å². The molecule has 96 valence electrons. The number of aryl methyl sites for hydroxylation is 1. The van der Waals surface area contributed by atoms with E-state index in [4.69, 9.17) is 0 Å². The average molecular weight is 301 g/mol. The summed E-state index contributed by atoms with van der Waals surface area (Å²) in [6, 6.07) is 1.85. The molecule has 0 aromatic carbocycles. The van der Waals surface area contributed by atoms with E-state index in [2.05, 4.69) is 35.1 Å². The zero-order valence-electron chi connectivity index (χ0n) is 10.8. The highest BCUT2D eigenvalue weighted by Gasteiger charge is 2.01. The Morgan fingerprint density at radius 2 is 2.12 bits per heavy atom. The lowest BCUT2D eigenvalue weighted by atomic mass is 10.1. The summed E-state index contributed by atoms with van der Waals surface area (Å²) < 4.78 is 2.71. The van der Waals surface area contributed by atoms with Gasteiger partial charge in [-0.05, 0) is 47.8 Å². The van der Waals surface area contributed by atoms with E-state index in [0.29, 0.717) is 0 Å². The third kappa shape index (κ3) is 5.04. The minimum absolute atomic E-state index is 0.0962. The third-order valence-corrected chi connectivity index (χ3v) is 3.09. The van der Waals surface area contributed by atoms with Gasteiger partial charge in [-0.25, -0.2) is 0 Å². The second-order valence-electron chi connectivity index (χ2n) is 4.77. The zero-order valence-corrected chi connectivity index (χ0v) is 12.4. The third-order valence-electron chi connectivity index (χ3n) is 2.66. The van der Waals surface area contributed by atoms with Gasteiger partial charge in [0.2, 0.25) is 0 Å². The minimum atomic E-state index is 0.0962. The molecular formula is C13H21BrN2O. The zero-order chi connectivity index (χ0) is 12.8. The van der Waals surface area contributed by atoms with Gasteiger partial charge < -0.3 is 9.88 Å². The van der Waals surface area contributed by atoms with Crippen molar-refractivity contribution in [1.29, 1.82) is 0 Å². The molecular weight excluding hydrogens is 280 g/mol. The minimum Gasteiger partial charge on any atom is -0.315 e. The van der Waals surface area contributed by atoms with Crippen molar-refractivity contribution in [3.8, 4) is 0 Å². The summed E-state index contributed by atoms with van der Waals surface area (Å²) in [6.45, 7) is 8.84. The molecule has 0 aliphatic heterocycles. The molecule has 0 amide bonds. The van der Waals surface area contributed by atoms with E-state index in [1.807, 2.05) is 19.2 Å². The van der Waals surface area contributed by atoms with Gasteiger partial charge in [-0.15, -0.1) is 0 Å². The normalized spacial score (nSPS) is 11.1. The Kier molecular flexibility index (Phi) is 5.92. The molecule has 0 atom stereocenters. The van der Waals surface area contributed by atoms with Crippen LogP contribution in [0.2, 0.25) is 0 Å². The Balaban J connectivity index is 2.44. The first-order valence-electron chi connectivity index (χ1n) is 6.08. The first-order valence-corrected chi connectivity index (χ1v) is 6.87. The topological polar surface area (TPSA) is 34.0 Å². The molecule has 0 fully saturated rings. The molecule has 1 rings (SSSR count). The van der Waals surface area contributed by atoms with Crippen molar-refractivity contribution in [2.24, 2.45) is 5.92 Å². The smallest absolute Gasteiger partial charge is 0.253 e. The summed E-state index contributed by atoms with van der Waals surface area (Å²) in [7, 11) is 0. The molecule has 0 aliphatic rings. The quantitative estimate of drug-likeness (QED) is 0.819. The van der Waals surface area contributed by atoms with E-state index in [0.717, 1.165) is 35.6 Å². The molecule has 1 aromatic rings. The number of aromatic nitrogens is 1. The van der Waals surface area contributed by atoms with Crippen molar-refractivity contribution in [3.05, 3.63) is 32.7 Å². The van der Waals surface area contributed by atoms with Gasteiger partial charge in [0.15, 0.2) is 0 Å². The van der Waals surface area contributed by atoms with Crippen LogP contribution in [0.15, 0.2) is 21.5 Å². The van der Waals surface area contributed by atoms with Crippen molar-refractivity contribution < 1.29 is 0 Å². The van der Waals surface area contributed by atoms with Gasteiger partial charge >= 0.3 is 0 Å². The lowest BCUT2D eigenvalue weighted by Gasteiger charge is -2.09. The first-order chi connectivity index (χ1) is 8.00. The Bertz CT molecular complexity index is 412. The standard InChI is InChI=1S/C13H21BrN2O/c1-10(2)4-5-15-6-7-16-9-12(14)8-11(3)13(16)17/h8-10,15H,4-7H2,1-3H3. The Hall–Kier alpha value is -0.610. The average Bonchev–Trinajstić information content (AvgIpc) is 2.23. The largest absolute Gasteiger partial charge is 0.315 e. The number of halogens is 1. The summed E-state index contributed by atoms with van der Waals surface area (Å²) in [6.07, 6.45) is 3.02. The van der Waals surface area contributed by atoms with Gasteiger partial charge in [-0.2, -0.15) is 0 Å². The Labute approximate surface area is 111 Å². The number of nitrogens with zero attached hydrogens (tertiary/aromatic N) is 1. The summed E-state index contributed by atoms with van der Waals surface area (Å²) >= 11 is 3.41. The van der Waals surface area contributed by atoms with E-state index >= 15 is 0 Å². The second kappa shape index (κ2) is 6.97. The molecule has 0 spiro atoms. The molecule has 0 saturated heterocycles. The molecule has 1 aromatic heterocycles. The summed E-state index contributed by atoms with van der Waals surface area (Å²) in [4.78, 5) is 11.8. The van der Waals surface area contributed by atoms with Crippen LogP contribution in [0.3, 0.4) is 0 Å². The SMILES string of the molecule is Cc1cc(Br)cn(CCNCCC(C)C)c1=O. The fourth-order valence-corrected chi connectivity index (χ4v) is 2.21. The van der Waals surface area contributed by atoms with Crippen molar-refractivity contribution in [3.63, 3.8) is 0 Å². The van der Waals surface area contributed by atoms with Gasteiger partial charge in [-0.1, -0.05) is 13.8 Å². The van der Waals surface area contributed by atoms with Gasteiger partial charge in [-0.3, -0.25) is 4.79 Å². The maximum atomic E-state index is 11.8. The fourth-order valence-electron chi connectivity index (χ4n) is 1.62. The van der Waals surface area contributed by atoms with Crippen LogP contribution in [0.5, 0.6) is 0 Å². The van der Waals surface area contributed by atoms with E-state index in [1.54, 1.807) is 4.57 Å². The van der Waals surface area contributed by atoms with Crippen LogP contribution in [-0.2, 0) is 6.54 Å². The molecule has 1 heterocycles. The Morgan fingerprint density at radius 3 is 2.76 bits per heavy atom. The van der Waals surface area contributed by atoms with Crippen LogP contribution in [-0.4, -0.2) is 17.7 Å².